The third-order valence-corrected chi connectivity index (χ3v) is 4.80. The molecule has 3 aliphatic rings. The van der Waals surface area contributed by atoms with Crippen LogP contribution < -0.4 is 10.1 Å². The van der Waals surface area contributed by atoms with Crippen molar-refractivity contribution in [2.75, 3.05) is 19.0 Å². The predicted molar refractivity (Wildman–Crippen MR) is 96.0 cm³/mol. The minimum Gasteiger partial charge on any atom is -0.493 e. The lowest BCUT2D eigenvalue weighted by Gasteiger charge is -2.41. The van der Waals surface area contributed by atoms with Gasteiger partial charge in [0.1, 0.15) is 49.1 Å². The van der Waals surface area contributed by atoms with Gasteiger partial charge in [-0.2, -0.15) is 0 Å². The number of fused-ring (bicyclic) bond motifs is 1. The zero-order valence-electron chi connectivity index (χ0n) is 15.4. The van der Waals surface area contributed by atoms with Gasteiger partial charge in [-0.25, -0.2) is 15.0 Å². The Hall–Kier alpha value is -2.77. The maximum absolute atomic E-state index is 10.4. The number of ether oxygens (including phenoxy) is 2. The highest BCUT2D eigenvalue weighted by Gasteiger charge is 2.45. The maximum atomic E-state index is 10.4. The lowest BCUT2D eigenvalue weighted by atomic mass is 9.98. The highest BCUT2D eigenvalue weighted by atomic mass is 16.6. The van der Waals surface area contributed by atoms with Crippen molar-refractivity contribution in [1.82, 2.24) is 19.5 Å². The number of anilines is 1. The lowest BCUT2D eigenvalue weighted by Crippen LogP contribution is -2.56. The second-order valence-electron chi connectivity index (χ2n) is 6.57. The van der Waals surface area contributed by atoms with Gasteiger partial charge in [-0.15, -0.1) is 0 Å². The summed E-state index contributed by atoms with van der Waals surface area (Å²) >= 11 is 0. The molecule has 5 N–H and O–H groups in total. The van der Waals surface area contributed by atoms with E-state index in [1.54, 1.807) is 13.2 Å². The van der Waals surface area contributed by atoms with Crippen molar-refractivity contribution in [2.45, 2.75) is 37.2 Å². The molecule has 0 amide bonds. The molecule has 1 aromatic rings. The second kappa shape index (κ2) is 7.93. The third-order valence-electron chi connectivity index (χ3n) is 4.80. The molecule has 4 heterocycles. The van der Waals surface area contributed by atoms with Gasteiger partial charge in [-0.05, 0) is 0 Å². The molecule has 1 fully saturated rings. The predicted octanol–water partition coefficient (Wildman–Crippen LogP) is -1.04. The number of aromatic nitrogens is 4. The van der Waals surface area contributed by atoms with Crippen molar-refractivity contribution >= 4 is 5.82 Å². The van der Waals surface area contributed by atoms with E-state index in [1.165, 1.54) is 23.5 Å². The third kappa shape index (κ3) is 3.52. The molecule has 1 aromatic heterocycles. The number of nitrogens with one attached hydrogen (secondary N) is 1. The molecule has 0 bridgehead atoms. The first-order valence-electron chi connectivity index (χ1n) is 8.86. The molecule has 3 aliphatic heterocycles. The second-order valence-corrected chi connectivity index (χ2v) is 6.57. The Morgan fingerprint density at radius 2 is 2.00 bits per heavy atom. The number of aliphatic hydroxyl groups is 4. The number of furan rings is 1. The average molecular weight is 407 g/mol. The van der Waals surface area contributed by atoms with Crippen molar-refractivity contribution in [3.05, 3.63) is 30.7 Å². The summed E-state index contributed by atoms with van der Waals surface area (Å²) in [7, 11) is 1.54. The molecule has 0 radical (unpaired) electrons. The van der Waals surface area contributed by atoms with Crippen molar-refractivity contribution < 1.29 is 34.3 Å². The number of methoxy groups -OCH3 is 1. The molecule has 156 valence electrons. The Morgan fingerprint density at radius 1 is 1.17 bits per heavy atom. The van der Waals surface area contributed by atoms with Crippen molar-refractivity contribution in [3.8, 4) is 17.3 Å². The fraction of sp³-hybridized carbons (Fsp3) is 0.471. The van der Waals surface area contributed by atoms with Gasteiger partial charge in [0.05, 0.1) is 20.3 Å². The monoisotopic (exact) mass is 407 g/mol. The van der Waals surface area contributed by atoms with E-state index in [0.717, 1.165) is 0 Å². The first-order chi connectivity index (χ1) is 14.0. The molecule has 1 saturated heterocycles. The summed E-state index contributed by atoms with van der Waals surface area (Å²) < 4.78 is 17.4. The van der Waals surface area contributed by atoms with Crippen molar-refractivity contribution in [1.29, 1.82) is 0 Å². The van der Waals surface area contributed by atoms with E-state index in [9.17, 15) is 20.4 Å². The van der Waals surface area contributed by atoms with Crippen LogP contribution >= 0.6 is 0 Å². The van der Waals surface area contributed by atoms with Crippen LogP contribution in [0.2, 0.25) is 0 Å². The maximum Gasteiger partial charge on any atom is 0.167 e. The molecule has 5 atom stereocenters. The molecule has 12 nitrogen and oxygen atoms in total. The molecule has 0 saturated carbocycles. The molecular formula is C17H21N5O7. The van der Waals surface area contributed by atoms with Gasteiger partial charge in [0, 0.05) is 6.07 Å². The SMILES string of the molecule is COc1coc(CNc2ncn(C3O[C@H](CO)[C@@H](O)[C@H](O)[C@H]3O)c3ncnc2-3)c1. The zero-order valence-corrected chi connectivity index (χ0v) is 15.4. The van der Waals surface area contributed by atoms with Crippen LogP contribution in [0.3, 0.4) is 0 Å². The van der Waals surface area contributed by atoms with Crippen LogP contribution in [0.25, 0.3) is 11.5 Å². The van der Waals surface area contributed by atoms with Crippen LogP contribution in [0.5, 0.6) is 5.75 Å². The van der Waals surface area contributed by atoms with Gasteiger partial charge in [-0.3, -0.25) is 4.57 Å². The first kappa shape index (κ1) is 19.5. The molecular weight excluding hydrogens is 386 g/mol. The van der Waals surface area contributed by atoms with Crippen LogP contribution in [-0.4, -0.2) is 78.1 Å². The fourth-order valence-corrected chi connectivity index (χ4v) is 3.21. The number of hydrogen-bond acceptors (Lipinski definition) is 11. The summed E-state index contributed by atoms with van der Waals surface area (Å²) in [6.45, 7) is -0.208. The van der Waals surface area contributed by atoms with Crippen LogP contribution in [0.4, 0.5) is 5.82 Å². The Kier molecular flexibility index (Phi) is 5.34. The van der Waals surface area contributed by atoms with Crippen LogP contribution in [-0.2, 0) is 11.3 Å². The van der Waals surface area contributed by atoms with E-state index < -0.39 is 37.3 Å². The van der Waals surface area contributed by atoms with E-state index in [2.05, 4.69) is 20.3 Å². The number of imidazole rings is 1. The molecule has 12 heteroatoms. The van der Waals surface area contributed by atoms with E-state index >= 15 is 0 Å². The van der Waals surface area contributed by atoms with Gasteiger partial charge in [0.25, 0.3) is 0 Å². The highest BCUT2D eigenvalue weighted by Crippen LogP contribution is 2.33. The molecule has 0 aromatic carbocycles. The Balaban J connectivity index is 1.59. The van der Waals surface area contributed by atoms with Gasteiger partial charge >= 0.3 is 0 Å². The summed E-state index contributed by atoms with van der Waals surface area (Å²) in [5.74, 6) is 1.99. The van der Waals surface area contributed by atoms with E-state index in [4.69, 9.17) is 13.9 Å². The summed E-state index contributed by atoms with van der Waals surface area (Å²) in [5.41, 5.74) is 0.406. The normalized spacial score (nSPS) is 27.3. The average Bonchev–Trinajstić information content (AvgIpc) is 3.40. The van der Waals surface area contributed by atoms with Gasteiger partial charge in [-0.1, -0.05) is 0 Å². The Morgan fingerprint density at radius 3 is 2.72 bits per heavy atom. The van der Waals surface area contributed by atoms with Crippen LogP contribution in [0.15, 0.2) is 29.4 Å². The van der Waals surface area contributed by atoms with Gasteiger partial charge in [0.2, 0.25) is 0 Å². The molecule has 4 rings (SSSR count). The number of nitrogens with zero attached hydrogens (tertiary/aromatic N) is 4. The summed E-state index contributed by atoms with van der Waals surface area (Å²) in [5, 5.41) is 42.9. The fourth-order valence-electron chi connectivity index (χ4n) is 3.21. The minimum absolute atomic E-state index is 0.322. The summed E-state index contributed by atoms with van der Waals surface area (Å²) in [4.78, 5) is 12.7. The van der Waals surface area contributed by atoms with Crippen LogP contribution in [0, 0.1) is 0 Å². The smallest absolute Gasteiger partial charge is 0.167 e. The van der Waals surface area contributed by atoms with Crippen LogP contribution in [0.1, 0.15) is 12.0 Å². The van der Waals surface area contributed by atoms with E-state index in [-0.39, 0.29) is 0 Å². The minimum atomic E-state index is -1.51. The number of hydrogen-bond donors (Lipinski definition) is 5. The molecule has 0 spiro atoms. The van der Waals surface area contributed by atoms with Gasteiger partial charge < -0.3 is 39.6 Å². The quantitative estimate of drug-likeness (QED) is 0.338. The van der Waals surface area contributed by atoms with Gasteiger partial charge in [0.15, 0.2) is 29.3 Å². The zero-order chi connectivity index (χ0) is 20.5. The molecule has 0 aliphatic carbocycles. The largest absolute Gasteiger partial charge is 0.493 e. The molecule has 29 heavy (non-hydrogen) atoms. The highest BCUT2D eigenvalue weighted by molar-refractivity contribution is 5.66. The Bertz CT molecular complexity index is 929. The topological polar surface area (TPSA) is 168 Å². The number of aliphatic hydroxyl groups excluding tert-OH is 4. The first-order valence-corrected chi connectivity index (χ1v) is 8.86. The Labute approximate surface area is 164 Å². The van der Waals surface area contributed by atoms with E-state index in [1.807, 2.05) is 0 Å². The molecule has 1 unspecified atom stereocenters. The lowest BCUT2D eigenvalue weighted by molar-refractivity contribution is -0.251. The van der Waals surface area contributed by atoms with Crippen molar-refractivity contribution in [2.24, 2.45) is 0 Å². The van der Waals surface area contributed by atoms with E-state index in [0.29, 0.717) is 35.4 Å². The number of rotatable bonds is 6. The summed E-state index contributed by atoms with van der Waals surface area (Å²) in [6, 6.07) is 1.73. The standard InChI is InChI=1S/C17H21N5O7/c1-27-9-2-8(28-5-9)3-18-15-11-16(20-6-19-11)22(7-21-15)17-14(26)13(25)12(24)10(4-23)29-17/h2,5-7,10,12-14,17-18,23-26H,3-4H2,1H3/t10-,12-,13+,14-,17?/m1/s1. The summed E-state index contributed by atoms with van der Waals surface area (Å²) in [6.07, 6.45) is -2.41. The van der Waals surface area contributed by atoms with Crippen molar-refractivity contribution in [3.63, 3.8) is 0 Å².